The van der Waals surface area contributed by atoms with E-state index in [0.717, 1.165) is 11.1 Å². The summed E-state index contributed by atoms with van der Waals surface area (Å²) in [6.07, 6.45) is 1.61. The topological polar surface area (TPSA) is 88.5 Å². The van der Waals surface area contributed by atoms with Crippen LogP contribution in [0.1, 0.15) is 37.5 Å². The lowest BCUT2D eigenvalue weighted by atomic mass is 10.0. The number of aromatic nitrogens is 1. The highest BCUT2D eigenvalue weighted by atomic mass is 16.5. The third-order valence-electron chi connectivity index (χ3n) is 5.37. The Morgan fingerprint density at radius 1 is 0.853 bits per heavy atom. The van der Waals surface area contributed by atoms with E-state index in [1.165, 1.54) is 0 Å². The third-order valence-corrected chi connectivity index (χ3v) is 5.37. The minimum Gasteiger partial charge on any atom is -0.478 e. The molecule has 0 atom stereocenters. The van der Waals surface area contributed by atoms with E-state index in [4.69, 9.17) is 4.74 Å². The van der Waals surface area contributed by atoms with Gasteiger partial charge in [0.1, 0.15) is 0 Å². The molecule has 2 N–H and O–H groups in total. The van der Waals surface area contributed by atoms with E-state index < -0.39 is 5.97 Å². The van der Waals surface area contributed by atoms with Crippen LogP contribution < -0.4 is 5.32 Å². The number of anilines is 1. The van der Waals surface area contributed by atoms with Crippen molar-refractivity contribution in [1.82, 2.24) is 4.98 Å². The minimum absolute atomic E-state index is 0.139. The average molecular weight is 453 g/mol. The Bertz CT molecular complexity index is 1300. The first-order valence-electron chi connectivity index (χ1n) is 10.8. The zero-order chi connectivity index (χ0) is 23.9. The molecule has 1 heterocycles. The molecule has 0 saturated carbocycles. The van der Waals surface area contributed by atoms with Gasteiger partial charge in [0, 0.05) is 23.0 Å². The number of carboxylic acids is 1. The van der Waals surface area contributed by atoms with E-state index in [0.29, 0.717) is 41.3 Å². The molecule has 0 aliphatic rings. The molecule has 1 aromatic heterocycles. The maximum atomic E-state index is 12.8. The Kier molecular flexibility index (Phi) is 7.10. The Hall–Kier alpha value is -4.29. The van der Waals surface area contributed by atoms with Crippen LogP contribution in [0.15, 0.2) is 91.1 Å². The Morgan fingerprint density at radius 2 is 1.56 bits per heavy atom. The molecule has 0 aliphatic heterocycles. The van der Waals surface area contributed by atoms with Crippen molar-refractivity contribution in [2.45, 2.75) is 20.1 Å². The SMILES string of the molecule is Cc1ncc(-c2cccc(C(=O)Nc3ccc(COCc4ccccc4)cc3)c2)cc1C(=O)O. The van der Waals surface area contributed by atoms with Crippen LogP contribution in [0.3, 0.4) is 0 Å². The van der Waals surface area contributed by atoms with E-state index in [1.807, 2.05) is 60.7 Å². The first-order valence-corrected chi connectivity index (χ1v) is 10.8. The molecule has 0 radical (unpaired) electrons. The van der Waals surface area contributed by atoms with Gasteiger partial charge in [0.25, 0.3) is 5.91 Å². The largest absolute Gasteiger partial charge is 0.478 e. The highest BCUT2D eigenvalue weighted by Crippen LogP contribution is 2.23. The fourth-order valence-corrected chi connectivity index (χ4v) is 3.50. The van der Waals surface area contributed by atoms with Crippen molar-refractivity contribution in [3.8, 4) is 11.1 Å². The molecule has 1 amide bonds. The van der Waals surface area contributed by atoms with Gasteiger partial charge in [0.2, 0.25) is 0 Å². The number of carboxylic acid groups (broad SMARTS) is 1. The molecule has 34 heavy (non-hydrogen) atoms. The molecule has 0 fully saturated rings. The van der Waals surface area contributed by atoms with Crippen LogP contribution in [0.5, 0.6) is 0 Å². The van der Waals surface area contributed by atoms with E-state index in [9.17, 15) is 14.7 Å². The molecule has 0 unspecified atom stereocenters. The molecule has 6 nitrogen and oxygen atoms in total. The van der Waals surface area contributed by atoms with Crippen molar-refractivity contribution in [1.29, 1.82) is 0 Å². The summed E-state index contributed by atoms with van der Waals surface area (Å²) in [5.74, 6) is -1.29. The van der Waals surface area contributed by atoms with Crippen LogP contribution in [0.4, 0.5) is 5.69 Å². The quantitative estimate of drug-likeness (QED) is 0.357. The number of ether oxygens (including phenoxy) is 1. The number of pyridine rings is 1. The predicted molar refractivity (Wildman–Crippen MR) is 131 cm³/mol. The van der Waals surface area contributed by atoms with Crippen molar-refractivity contribution in [2.75, 3.05) is 5.32 Å². The lowest BCUT2D eigenvalue weighted by molar-refractivity contribution is 0.0695. The Balaban J connectivity index is 1.39. The Morgan fingerprint density at radius 3 is 2.26 bits per heavy atom. The second-order valence-corrected chi connectivity index (χ2v) is 7.87. The Labute approximate surface area is 197 Å². The number of nitrogens with one attached hydrogen (secondary N) is 1. The first kappa shape index (κ1) is 22.9. The lowest BCUT2D eigenvalue weighted by Gasteiger charge is -2.09. The molecule has 3 aromatic carbocycles. The number of aryl methyl sites for hydroxylation is 1. The lowest BCUT2D eigenvalue weighted by Crippen LogP contribution is -2.12. The smallest absolute Gasteiger partial charge is 0.337 e. The summed E-state index contributed by atoms with van der Waals surface area (Å²) in [6.45, 7) is 2.67. The fraction of sp³-hybridized carbons (Fsp3) is 0.107. The van der Waals surface area contributed by atoms with E-state index in [-0.39, 0.29) is 11.5 Å². The molecule has 0 saturated heterocycles. The van der Waals surface area contributed by atoms with Gasteiger partial charge >= 0.3 is 5.97 Å². The number of carbonyl (C=O) groups is 2. The van der Waals surface area contributed by atoms with Crippen LogP contribution in [0, 0.1) is 6.92 Å². The van der Waals surface area contributed by atoms with E-state index >= 15 is 0 Å². The first-order chi connectivity index (χ1) is 16.5. The molecule has 0 bridgehead atoms. The monoisotopic (exact) mass is 452 g/mol. The van der Waals surface area contributed by atoms with Gasteiger partial charge in [-0.15, -0.1) is 0 Å². The van der Waals surface area contributed by atoms with Crippen LogP contribution in [0.2, 0.25) is 0 Å². The standard InChI is InChI=1S/C28H24N2O4/c1-19-26(28(32)33)15-24(16-29-19)22-8-5-9-23(14-22)27(31)30-25-12-10-21(11-13-25)18-34-17-20-6-3-2-4-7-20/h2-16H,17-18H2,1H3,(H,30,31)(H,32,33). The third kappa shape index (κ3) is 5.74. The van der Waals surface area contributed by atoms with Gasteiger partial charge in [-0.1, -0.05) is 54.6 Å². The number of hydrogen-bond donors (Lipinski definition) is 2. The van der Waals surface area contributed by atoms with Crippen molar-refractivity contribution in [2.24, 2.45) is 0 Å². The highest BCUT2D eigenvalue weighted by molar-refractivity contribution is 6.05. The molecule has 6 heteroatoms. The zero-order valence-electron chi connectivity index (χ0n) is 18.7. The molecule has 0 aliphatic carbocycles. The fourth-order valence-electron chi connectivity index (χ4n) is 3.50. The maximum absolute atomic E-state index is 12.8. The number of hydrogen-bond acceptors (Lipinski definition) is 4. The van der Waals surface area contributed by atoms with Gasteiger partial charge in [0.05, 0.1) is 24.5 Å². The molecule has 4 rings (SSSR count). The number of amides is 1. The van der Waals surface area contributed by atoms with E-state index in [1.54, 1.807) is 37.4 Å². The normalized spacial score (nSPS) is 10.6. The van der Waals surface area contributed by atoms with Gasteiger partial charge in [-0.25, -0.2) is 4.79 Å². The number of rotatable bonds is 8. The average Bonchev–Trinajstić information content (AvgIpc) is 2.86. The number of aromatic carboxylic acids is 1. The van der Waals surface area contributed by atoms with E-state index in [2.05, 4.69) is 10.3 Å². The van der Waals surface area contributed by atoms with Gasteiger partial charge in [-0.3, -0.25) is 9.78 Å². The summed E-state index contributed by atoms with van der Waals surface area (Å²) in [5.41, 5.74) is 5.20. The van der Waals surface area contributed by atoms with Crippen molar-refractivity contribution < 1.29 is 19.4 Å². The maximum Gasteiger partial charge on any atom is 0.337 e. The van der Waals surface area contributed by atoms with Crippen LogP contribution >= 0.6 is 0 Å². The van der Waals surface area contributed by atoms with Crippen LogP contribution in [-0.4, -0.2) is 22.0 Å². The minimum atomic E-state index is -1.03. The van der Waals surface area contributed by atoms with Crippen molar-refractivity contribution in [3.63, 3.8) is 0 Å². The summed E-state index contributed by atoms with van der Waals surface area (Å²) in [7, 11) is 0. The second-order valence-electron chi connectivity index (χ2n) is 7.87. The van der Waals surface area contributed by atoms with Crippen LogP contribution in [0.25, 0.3) is 11.1 Å². The van der Waals surface area contributed by atoms with Gasteiger partial charge < -0.3 is 15.2 Å². The molecular weight excluding hydrogens is 428 g/mol. The van der Waals surface area contributed by atoms with Crippen molar-refractivity contribution >= 4 is 17.6 Å². The zero-order valence-corrected chi connectivity index (χ0v) is 18.7. The summed E-state index contributed by atoms with van der Waals surface area (Å²) in [6, 6.07) is 26.1. The summed E-state index contributed by atoms with van der Waals surface area (Å²) >= 11 is 0. The second kappa shape index (κ2) is 10.6. The highest BCUT2D eigenvalue weighted by Gasteiger charge is 2.12. The number of nitrogens with zero attached hydrogens (tertiary/aromatic N) is 1. The van der Waals surface area contributed by atoms with Crippen molar-refractivity contribution in [3.05, 3.63) is 119 Å². The summed E-state index contributed by atoms with van der Waals surface area (Å²) in [4.78, 5) is 28.4. The summed E-state index contributed by atoms with van der Waals surface area (Å²) in [5, 5.41) is 12.2. The van der Waals surface area contributed by atoms with Gasteiger partial charge in [-0.05, 0) is 53.9 Å². The van der Waals surface area contributed by atoms with Gasteiger partial charge in [0.15, 0.2) is 0 Å². The summed E-state index contributed by atoms with van der Waals surface area (Å²) < 4.78 is 5.75. The molecular formula is C28H24N2O4. The predicted octanol–water partition coefficient (Wildman–Crippen LogP) is 5.72. The number of benzene rings is 3. The van der Waals surface area contributed by atoms with Crippen LogP contribution in [-0.2, 0) is 18.0 Å². The molecule has 4 aromatic rings. The van der Waals surface area contributed by atoms with Gasteiger partial charge in [-0.2, -0.15) is 0 Å². The number of carbonyl (C=O) groups excluding carboxylic acids is 1. The molecule has 170 valence electrons. The molecule has 0 spiro atoms.